The molecule has 2 rings (SSSR count). The lowest BCUT2D eigenvalue weighted by Crippen LogP contribution is -2.47. The molecule has 94 valence electrons. The number of nitrogens with zero attached hydrogens (tertiary/aromatic N) is 1. The van der Waals surface area contributed by atoms with Gasteiger partial charge in [-0.25, -0.2) is 0 Å². The van der Waals surface area contributed by atoms with E-state index < -0.39 is 0 Å². The van der Waals surface area contributed by atoms with Crippen LogP contribution in [0.1, 0.15) is 32.3 Å². The Labute approximate surface area is 105 Å². The van der Waals surface area contributed by atoms with Crippen LogP contribution >= 0.6 is 0 Å². The molecule has 2 N–H and O–H groups in total. The molecule has 1 fully saturated rings. The summed E-state index contributed by atoms with van der Waals surface area (Å²) in [7, 11) is 2.19. The third kappa shape index (κ3) is 2.70. The van der Waals surface area contributed by atoms with Crippen LogP contribution in [-0.4, -0.2) is 24.0 Å². The molecule has 1 aliphatic rings. The topological polar surface area (TPSA) is 29.3 Å². The predicted octanol–water partition coefficient (Wildman–Crippen LogP) is 2.63. The maximum Gasteiger partial charge on any atom is 0.0253 e. The molecule has 2 unspecified atom stereocenters. The van der Waals surface area contributed by atoms with Crippen LogP contribution in [0, 0.1) is 5.41 Å². The summed E-state index contributed by atoms with van der Waals surface area (Å²) in [6.45, 7) is 5.57. The maximum absolute atomic E-state index is 6.37. The average molecular weight is 232 g/mol. The Balaban J connectivity index is 2.00. The molecule has 0 spiro atoms. The van der Waals surface area contributed by atoms with E-state index in [9.17, 15) is 0 Å². The van der Waals surface area contributed by atoms with Gasteiger partial charge in [0, 0.05) is 18.6 Å². The van der Waals surface area contributed by atoms with Crippen LogP contribution < -0.4 is 5.73 Å². The lowest BCUT2D eigenvalue weighted by Gasteiger charge is -2.32. The van der Waals surface area contributed by atoms with Gasteiger partial charge in [0.25, 0.3) is 0 Å². The van der Waals surface area contributed by atoms with Crippen LogP contribution in [0.15, 0.2) is 30.3 Å². The van der Waals surface area contributed by atoms with E-state index in [-0.39, 0.29) is 11.5 Å². The molecule has 1 aromatic rings. The molecule has 2 atom stereocenters. The zero-order valence-corrected chi connectivity index (χ0v) is 11.2. The van der Waals surface area contributed by atoms with Gasteiger partial charge in [-0.3, -0.25) is 4.90 Å². The first-order valence-electron chi connectivity index (χ1n) is 6.50. The first-order chi connectivity index (χ1) is 8.00. The Morgan fingerprint density at radius 1 is 1.29 bits per heavy atom. The smallest absolute Gasteiger partial charge is 0.0253 e. The van der Waals surface area contributed by atoms with Crippen LogP contribution in [0.4, 0.5) is 0 Å². The normalized spacial score (nSPS) is 27.6. The van der Waals surface area contributed by atoms with Crippen molar-refractivity contribution >= 4 is 0 Å². The van der Waals surface area contributed by atoms with Gasteiger partial charge in [-0.05, 0) is 30.9 Å². The summed E-state index contributed by atoms with van der Waals surface area (Å²) in [5.41, 5.74) is 8.02. The van der Waals surface area contributed by atoms with Crippen molar-refractivity contribution in [3.8, 4) is 0 Å². The largest absolute Gasteiger partial charge is 0.326 e. The summed E-state index contributed by atoms with van der Waals surface area (Å²) < 4.78 is 0. The van der Waals surface area contributed by atoms with E-state index >= 15 is 0 Å². The minimum absolute atomic E-state index is 0.287. The molecule has 0 saturated heterocycles. The second-order valence-corrected chi connectivity index (χ2v) is 6.02. The van der Waals surface area contributed by atoms with Crippen LogP contribution in [-0.2, 0) is 6.54 Å². The molecular formula is C15H24N2. The first-order valence-corrected chi connectivity index (χ1v) is 6.50. The Morgan fingerprint density at radius 3 is 2.47 bits per heavy atom. The van der Waals surface area contributed by atoms with Crippen LogP contribution in [0.3, 0.4) is 0 Å². The van der Waals surface area contributed by atoms with Gasteiger partial charge < -0.3 is 5.73 Å². The molecule has 0 aromatic heterocycles. The van der Waals surface area contributed by atoms with Gasteiger partial charge in [0.05, 0.1) is 0 Å². The van der Waals surface area contributed by atoms with Gasteiger partial charge >= 0.3 is 0 Å². The standard InChI is InChI=1S/C15H24N2/c1-15(2)10-9-13(14(15)16)17(3)11-12-7-5-4-6-8-12/h4-8,13-14H,9-11,16H2,1-3H3. The van der Waals surface area contributed by atoms with Crippen LogP contribution in [0.2, 0.25) is 0 Å². The van der Waals surface area contributed by atoms with Crippen molar-refractivity contribution in [2.75, 3.05) is 7.05 Å². The molecule has 17 heavy (non-hydrogen) atoms. The molecule has 0 amide bonds. The fraction of sp³-hybridized carbons (Fsp3) is 0.600. The SMILES string of the molecule is CN(Cc1ccccc1)C1CCC(C)(C)C1N. The number of benzene rings is 1. The third-order valence-electron chi connectivity index (χ3n) is 4.24. The van der Waals surface area contributed by atoms with E-state index in [1.54, 1.807) is 0 Å². The summed E-state index contributed by atoms with van der Waals surface area (Å²) in [6.07, 6.45) is 2.45. The van der Waals surface area contributed by atoms with Crippen molar-refractivity contribution in [3.05, 3.63) is 35.9 Å². The van der Waals surface area contributed by atoms with Crippen molar-refractivity contribution < 1.29 is 0 Å². The molecule has 0 bridgehead atoms. The molecule has 1 aromatic carbocycles. The number of hydrogen-bond donors (Lipinski definition) is 1. The Bertz CT molecular complexity index is 358. The predicted molar refractivity (Wildman–Crippen MR) is 72.7 cm³/mol. The molecule has 0 aliphatic heterocycles. The zero-order valence-electron chi connectivity index (χ0n) is 11.2. The van der Waals surface area contributed by atoms with E-state index in [1.165, 1.54) is 18.4 Å². The van der Waals surface area contributed by atoms with Crippen LogP contribution in [0.25, 0.3) is 0 Å². The highest BCUT2D eigenvalue weighted by atomic mass is 15.2. The highest BCUT2D eigenvalue weighted by Crippen LogP contribution is 2.38. The number of rotatable bonds is 3. The van der Waals surface area contributed by atoms with Crippen molar-refractivity contribution in [1.82, 2.24) is 4.90 Å². The highest BCUT2D eigenvalue weighted by molar-refractivity contribution is 5.15. The Hall–Kier alpha value is -0.860. The summed E-state index contributed by atoms with van der Waals surface area (Å²) in [5, 5.41) is 0. The van der Waals surface area contributed by atoms with E-state index in [4.69, 9.17) is 5.73 Å². The number of likely N-dealkylation sites (N-methyl/N-ethyl adjacent to an activating group) is 1. The van der Waals surface area contributed by atoms with Gasteiger partial charge in [0.1, 0.15) is 0 Å². The molecule has 2 nitrogen and oxygen atoms in total. The molecular weight excluding hydrogens is 208 g/mol. The second kappa shape index (κ2) is 4.79. The fourth-order valence-electron chi connectivity index (χ4n) is 2.87. The van der Waals surface area contributed by atoms with Gasteiger partial charge in [-0.1, -0.05) is 44.2 Å². The quantitative estimate of drug-likeness (QED) is 0.868. The zero-order chi connectivity index (χ0) is 12.5. The van der Waals surface area contributed by atoms with Gasteiger partial charge in [-0.2, -0.15) is 0 Å². The lowest BCUT2D eigenvalue weighted by molar-refractivity contribution is 0.191. The molecule has 2 heteroatoms. The summed E-state index contributed by atoms with van der Waals surface area (Å²) in [6, 6.07) is 11.4. The minimum Gasteiger partial charge on any atom is -0.326 e. The number of hydrogen-bond acceptors (Lipinski definition) is 2. The summed E-state index contributed by atoms with van der Waals surface area (Å²) >= 11 is 0. The molecule has 1 saturated carbocycles. The third-order valence-corrected chi connectivity index (χ3v) is 4.24. The Morgan fingerprint density at radius 2 is 1.94 bits per heavy atom. The van der Waals surface area contributed by atoms with Crippen molar-refractivity contribution in [2.24, 2.45) is 11.1 Å². The lowest BCUT2D eigenvalue weighted by atomic mass is 9.87. The molecule has 0 heterocycles. The highest BCUT2D eigenvalue weighted by Gasteiger charge is 2.40. The van der Waals surface area contributed by atoms with Crippen molar-refractivity contribution in [1.29, 1.82) is 0 Å². The van der Waals surface area contributed by atoms with E-state index in [2.05, 4.69) is 56.1 Å². The minimum atomic E-state index is 0.287. The molecule has 0 radical (unpaired) electrons. The number of nitrogens with two attached hydrogens (primary N) is 1. The van der Waals surface area contributed by atoms with Gasteiger partial charge in [0.2, 0.25) is 0 Å². The van der Waals surface area contributed by atoms with Gasteiger partial charge in [-0.15, -0.1) is 0 Å². The Kier molecular flexibility index (Phi) is 3.55. The second-order valence-electron chi connectivity index (χ2n) is 6.02. The average Bonchev–Trinajstić information content (AvgIpc) is 2.56. The monoisotopic (exact) mass is 232 g/mol. The summed E-state index contributed by atoms with van der Waals surface area (Å²) in [5.74, 6) is 0. The van der Waals surface area contributed by atoms with Crippen molar-refractivity contribution in [2.45, 2.75) is 45.3 Å². The fourth-order valence-corrected chi connectivity index (χ4v) is 2.87. The summed E-state index contributed by atoms with van der Waals surface area (Å²) in [4.78, 5) is 2.41. The van der Waals surface area contributed by atoms with E-state index in [1.807, 2.05) is 0 Å². The van der Waals surface area contributed by atoms with Crippen LogP contribution in [0.5, 0.6) is 0 Å². The first kappa shape index (κ1) is 12.6. The molecule has 1 aliphatic carbocycles. The van der Waals surface area contributed by atoms with E-state index in [0.29, 0.717) is 6.04 Å². The maximum atomic E-state index is 6.37. The van der Waals surface area contributed by atoms with Gasteiger partial charge in [0.15, 0.2) is 0 Å². The van der Waals surface area contributed by atoms with E-state index in [0.717, 1.165) is 6.54 Å². The van der Waals surface area contributed by atoms with Crippen molar-refractivity contribution in [3.63, 3.8) is 0 Å².